The number of pyridine rings is 1. The maximum atomic E-state index is 15.0. The number of rotatable bonds is 8. The molecule has 1 aliphatic heterocycles. The molecule has 1 saturated carbocycles. The quantitative estimate of drug-likeness (QED) is 0.228. The number of benzene rings is 1. The average Bonchev–Trinajstić information content (AvgIpc) is 3.45. The van der Waals surface area contributed by atoms with Crippen LogP contribution in [0, 0.1) is 17.0 Å². The zero-order chi connectivity index (χ0) is 26.9. The summed E-state index contributed by atoms with van der Waals surface area (Å²) in [5.41, 5.74) is 0.801. The number of anilines is 1. The average molecular weight is 563 g/mol. The number of ether oxygens (including phenoxy) is 3. The van der Waals surface area contributed by atoms with Gasteiger partial charge in [0.15, 0.2) is 17.4 Å². The van der Waals surface area contributed by atoms with E-state index in [1.54, 1.807) is 10.8 Å². The molecule has 0 saturated heterocycles. The summed E-state index contributed by atoms with van der Waals surface area (Å²) in [6, 6.07) is 5.14. The van der Waals surface area contributed by atoms with E-state index in [1.165, 1.54) is 25.1 Å². The monoisotopic (exact) mass is 562 g/mol. The third-order valence-corrected chi connectivity index (χ3v) is 9.09. The van der Waals surface area contributed by atoms with E-state index in [0.717, 1.165) is 31.0 Å². The van der Waals surface area contributed by atoms with Crippen molar-refractivity contribution in [3.8, 4) is 11.5 Å². The maximum absolute atomic E-state index is 15.0. The van der Waals surface area contributed by atoms with E-state index in [9.17, 15) is 0 Å². The molecule has 5 rings (SSSR count). The minimum absolute atomic E-state index is 0.107. The summed E-state index contributed by atoms with van der Waals surface area (Å²) in [7, 11) is -1.22. The van der Waals surface area contributed by atoms with Crippen molar-refractivity contribution in [2.24, 2.45) is 10.4 Å². The molecule has 1 aromatic carbocycles. The van der Waals surface area contributed by atoms with E-state index in [-0.39, 0.29) is 29.6 Å². The maximum Gasteiger partial charge on any atom is 0.289 e. The lowest BCUT2D eigenvalue weighted by atomic mass is 9.87. The number of aromatic nitrogens is 2. The molecule has 3 aromatic rings. The molecule has 0 unspecified atom stereocenters. The second-order valence-corrected chi connectivity index (χ2v) is 17.4. The van der Waals surface area contributed by atoms with Gasteiger partial charge in [-0.15, -0.1) is 0 Å². The highest BCUT2D eigenvalue weighted by molar-refractivity contribution is 6.76. The number of hydrogen-bond donors (Lipinski definition) is 1. The molecular formula is C27H33ClF2N4O3Si. The summed E-state index contributed by atoms with van der Waals surface area (Å²) >= 11 is 6.48. The fourth-order valence-corrected chi connectivity index (χ4v) is 5.93. The topological polar surface area (TPSA) is 69.9 Å². The van der Waals surface area contributed by atoms with Gasteiger partial charge in [-0.25, -0.2) is 18.8 Å². The third-order valence-electron chi connectivity index (χ3n) is 7.10. The van der Waals surface area contributed by atoms with Gasteiger partial charge in [-0.1, -0.05) is 44.1 Å². The second kappa shape index (κ2) is 10.8. The Balaban J connectivity index is 1.30. The van der Waals surface area contributed by atoms with Gasteiger partial charge in [-0.2, -0.15) is 0 Å². The molecular weight excluding hydrogens is 530 g/mol. The van der Waals surface area contributed by atoms with Crippen LogP contribution in [0.25, 0.3) is 11.0 Å². The summed E-state index contributed by atoms with van der Waals surface area (Å²) in [6.45, 7) is 8.97. The molecule has 38 heavy (non-hydrogen) atoms. The fraction of sp³-hybridized carbons (Fsp3) is 0.481. The molecule has 1 aliphatic carbocycles. The van der Waals surface area contributed by atoms with Gasteiger partial charge >= 0.3 is 0 Å². The number of nitrogens with zero attached hydrogens (tertiary/aromatic N) is 3. The van der Waals surface area contributed by atoms with E-state index in [2.05, 4.69) is 34.9 Å². The Morgan fingerprint density at radius 2 is 1.92 bits per heavy atom. The molecule has 204 valence electrons. The van der Waals surface area contributed by atoms with Crippen molar-refractivity contribution in [3.05, 3.63) is 47.2 Å². The van der Waals surface area contributed by atoms with E-state index in [4.69, 9.17) is 25.8 Å². The first kappa shape index (κ1) is 26.9. The van der Waals surface area contributed by atoms with Crippen molar-refractivity contribution in [2.45, 2.75) is 58.1 Å². The molecule has 0 bridgehead atoms. The van der Waals surface area contributed by atoms with Crippen LogP contribution in [0.3, 0.4) is 0 Å². The Morgan fingerprint density at radius 1 is 1.18 bits per heavy atom. The largest absolute Gasteiger partial charge is 0.464 e. The molecule has 0 radical (unpaired) electrons. The Morgan fingerprint density at radius 3 is 2.58 bits per heavy atom. The summed E-state index contributed by atoms with van der Waals surface area (Å²) in [6.07, 6.45) is 7.76. The third kappa shape index (κ3) is 5.97. The van der Waals surface area contributed by atoms with Crippen molar-refractivity contribution in [3.63, 3.8) is 0 Å². The van der Waals surface area contributed by atoms with Crippen LogP contribution >= 0.6 is 11.6 Å². The van der Waals surface area contributed by atoms with Crippen LogP contribution in [0.5, 0.6) is 11.5 Å². The number of halogens is 3. The van der Waals surface area contributed by atoms with Gasteiger partial charge in [-0.3, -0.25) is 0 Å². The predicted octanol–water partition coefficient (Wildman–Crippen LogP) is 7.43. The predicted molar refractivity (Wildman–Crippen MR) is 148 cm³/mol. The SMILES string of the molecule is C[Si](C)(C)CCOCn1cc(Cl)c2c(Oc3c(F)cc(NC4=NCC5(CCCC5)CO4)cc3F)ccnc21. The van der Waals surface area contributed by atoms with Crippen molar-refractivity contribution < 1.29 is 23.0 Å². The molecule has 0 amide bonds. The molecule has 2 aliphatic rings. The van der Waals surface area contributed by atoms with Crippen LogP contribution in [-0.4, -0.2) is 43.4 Å². The summed E-state index contributed by atoms with van der Waals surface area (Å²) in [4.78, 5) is 8.85. The van der Waals surface area contributed by atoms with Crippen LogP contribution in [0.15, 0.2) is 35.6 Å². The van der Waals surface area contributed by atoms with Crippen LogP contribution < -0.4 is 10.1 Å². The molecule has 1 spiro atoms. The Bertz CT molecular complexity index is 1330. The van der Waals surface area contributed by atoms with Gasteiger partial charge in [0.2, 0.25) is 0 Å². The van der Waals surface area contributed by atoms with Crippen LogP contribution in [0.2, 0.25) is 30.7 Å². The first-order valence-corrected chi connectivity index (χ1v) is 17.0. The van der Waals surface area contributed by atoms with E-state index >= 15 is 8.78 Å². The fourth-order valence-electron chi connectivity index (χ4n) is 4.88. The minimum atomic E-state index is -1.22. The lowest BCUT2D eigenvalue weighted by Crippen LogP contribution is -2.36. The standard InChI is InChI=1S/C27H33ClF2N4O3Si/c1-38(2,3)11-10-35-17-34-14-19(28)23-22(6-9-31-25(23)34)37-24-20(29)12-18(13-21(24)30)33-26-32-15-27(16-36-26)7-4-5-8-27/h6,9,12-14H,4-5,7-8,10-11,15-17H2,1-3H3,(H,32,33). The smallest absolute Gasteiger partial charge is 0.289 e. The molecule has 0 atom stereocenters. The number of amidine groups is 1. The Labute approximate surface area is 227 Å². The highest BCUT2D eigenvalue weighted by Gasteiger charge is 2.37. The summed E-state index contributed by atoms with van der Waals surface area (Å²) in [5, 5.41) is 3.69. The van der Waals surface area contributed by atoms with E-state index in [0.29, 0.717) is 35.8 Å². The number of fused-ring (bicyclic) bond motifs is 1. The van der Waals surface area contributed by atoms with Gasteiger partial charge in [-0.05, 0) is 25.0 Å². The van der Waals surface area contributed by atoms with E-state index in [1.807, 2.05) is 0 Å². The van der Waals surface area contributed by atoms with Crippen LogP contribution in [0.4, 0.5) is 14.5 Å². The summed E-state index contributed by atoms with van der Waals surface area (Å²) < 4.78 is 49.2. The van der Waals surface area contributed by atoms with Crippen molar-refractivity contribution in [1.82, 2.24) is 9.55 Å². The minimum Gasteiger partial charge on any atom is -0.464 e. The lowest BCUT2D eigenvalue weighted by molar-refractivity contribution is 0.0899. The molecule has 2 aromatic heterocycles. The molecule has 7 nitrogen and oxygen atoms in total. The highest BCUT2D eigenvalue weighted by atomic mass is 35.5. The van der Waals surface area contributed by atoms with Gasteiger partial charge in [0, 0.05) is 50.3 Å². The zero-order valence-corrected chi connectivity index (χ0v) is 23.7. The van der Waals surface area contributed by atoms with Gasteiger partial charge in [0.25, 0.3) is 6.02 Å². The van der Waals surface area contributed by atoms with E-state index < -0.39 is 25.5 Å². The normalized spacial score (nSPS) is 17.1. The van der Waals surface area contributed by atoms with Crippen molar-refractivity contribution >= 4 is 42.4 Å². The van der Waals surface area contributed by atoms with Crippen molar-refractivity contribution in [1.29, 1.82) is 0 Å². The lowest BCUT2D eigenvalue weighted by Gasteiger charge is -2.31. The molecule has 3 heterocycles. The van der Waals surface area contributed by atoms with Crippen LogP contribution in [-0.2, 0) is 16.2 Å². The van der Waals surface area contributed by atoms with Gasteiger partial charge in [0.1, 0.15) is 18.1 Å². The first-order valence-electron chi connectivity index (χ1n) is 12.9. The molecule has 11 heteroatoms. The zero-order valence-electron chi connectivity index (χ0n) is 22.0. The number of nitrogens with one attached hydrogen (secondary N) is 1. The summed E-state index contributed by atoms with van der Waals surface area (Å²) in [5.74, 6) is -2.08. The molecule has 1 fully saturated rings. The second-order valence-electron chi connectivity index (χ2n) is 11.4. The Kier molecular flexibility index (Phi) is 7.66. The van der Waals surface area contributed by atoms with Crippen molar-refractivity contribution in [2.75, 3.05) is 25.1 Å². The number of hydrogen-bond acceptors (Lipinski definition) is 6. The highest BCUT2D eigenvalue weighted by Crippen LogP contribution is 2.41. The molecule has 1 N–H and O–H groups in total. The van der Waals surface area contributed by atoms with Gasteiger partial charge in [0.05, 0.1) is 23.6 Å². The number of aliphatic imine (C=N–C) groups is 1. The van der Waals surface area contributed by atoms with Crippen LogP contribution in [0.1, 0.15) is 25.7 Å². The Hall–Kier alpha value is -2.69. The van der Waals surface area contributed by atoms with Gasteiger partial charge < -0.3 is 24.1 Å². The first-order chi connectivity index (χ1) is 18.1.